The summed E-state index contributed by atoms with van der Waals surface area (Å²) in [7, 11) is 0. The highest BCUT2D eigenvalue weighted by Crippen LogP contribution is 2.57. The van der Waals surface area contributed by atoms with Crippen LogP contribution in [0.1, 0.15) is 41.5 Å². The molecule has 1 aromatic carbocycles. The zero-order chi connectivity index (χ0) is 27.4. The van der Waals surface area contributed by atoms with Gasteiger partial charge in [0.05, 0.1) is 37.2 Å². The van der Waals surface area contributed by atoms with Crippen molar-refractivity contribution in [2.45, 2.75) is 63.3 Å². The van der Waals surface area contributed by atoms with E-state index < -0.39 is 17.7 Å². The molecule has 2 unspecified atom stereocenters. The van der Waals surface area contributed by atoms with E-state index in [9.17, 15) is 14.7 Å². The Morgan fingerprint density at radius 3 is 2.24 bits per heavy atom. The number of allylic oxidation sites excluding steroid dienone is 1. The van der Waals surface area contributed by atoms with Gasteiger partial charge in [-0.1, -0.05) is 50.0 Å². The third-order valence-electron chi connectivity index (χ3n) is 6.49. The molecule has 1 fully saturated rings. The molecule has 0 aromatic heterocycles. The predicted octanol–water partition coefficient (Wildman–Crippen LogP) is 7.38. The lowest BCUT2D eigenvalue weighted by Gasteiger charge is -2.49. The largest absolute Gasteiger partial charge is 0.465 e. The Morgan fingerprint density at radius 2 is 1.70 bits per heavy atom. The van der Waals surface area contributed by atoms with Crippen LogP contribution in [0.2, 0.25) is 5.02 Å². The maximum absolute atomic E-state index is 12.6. The molecule has 1 aromatic rings. The Balaban J connectivity index is 1.76. The fourth-order valence-electron chi connectivity index (χ4n) is 5.00. The summed E-state index contributed by atoms with van der Waals surface area (Å²) in [6.45, 7) is 14.2. The number of carbonyl (C=O) groups is 2. The van der Waals surface area contributed by atoms with Gasteiger partial charge < -0.3 is 19.6 Å². The average molecular weight is 633 g/mol. The Hall–Kier alpha value is -1.55. The van der Waals surface area contributed by atoms with Crippen LogP contribution in [0.3, 0.4) is 0 Å². The fourth-order valence-corrected chi connectivity index (χ4v) is 8.13. The number of amides is 2. The minimum Gasteiger partial charge on any atom is -0.465 e. The van der Waals surface area contributed by atoms with Gasteiger partial charge in [-0.3, -0.25) is 4.90 Å². The number of carboxylic acid groups (broad SMARTS) is 1. The highest BCUT2D eigenvalue weighted by Gasteiger charge is 2.50. The normalized spacial score (nSPS) is 22.7. The van der Waals surface area contributed by atoms with Crippen LogP contribution in [0.5, 0.6) is 0 Å². The van der Waals surface area contributed by atoms with Crippen molar-refractivity contribution in [1.29, 1.82) is 0 Å². The minimum atomic E-state index is -1.11. The quantitative estimate of drug-likeness (QED) is 0.348. The molecule has 1 N–H and O–H groups in total. The maximum Gasteiger partial charge on any atom is 0.412 e. The molecular weight excluding hydrogens is 601 g/mol. The number of thioether (sulfide) groups is 1. The molecule has 11 heteroatoms. The standard InChI is InChI=1S/C26H32BrCl2N3O4S/c1-25(2,3)16-20(30-10-12-31(13-11-30)24(35)36-26(4,5)6)17(27)18(29)21-22(16)37-15-9-7-8-14(28)19(15)32(21)23(33)34/h7-9,21-22H,10-13H2,1-6H3,(H,33,34). The summed E-state index contributed by atoms with van der Waals surface area (Å²) >= 11 is 18.9. The van der Waals surface area contributed by atoms with Crippen molar-refractivity contribution in [1.82, 2.24) is 9.80 Å². The van der Waals surface area contributed by atoms with Gasteiger partial charge in [0.1, 0.15) is 5.60 Å². The van der Waals surface area contributed by atoms with Crippen LogP contribution in [0.4, 0.5) is 15.3 Å². The topological polar surface area (TPSA) is 73.3 Å². The van der Waals surface area contributed by atoms with E-state index in [0.717, 1.165) is 16.2 Å². The van der Waals surface area contributed by atoms with Crippen molar-refractivity contribution in [3.63, 3.8) is 0 Å². The molecule has 2 atom stereocenters. The van der Waals surface area contributed by atoms with Crippen molar-refractivity contribution in [3.8, 4) is 0 Å². The van der Waals surface area contributed by atoms with Crippen LogP contribution in [0.25, 0.3) is 0 Å². The number of rotatable bonds is 1. The first-order valence-electron chi connectivity index (χ1n) is 12.1. The van der Waals surface area contributed by atoms with Gasteiger partial charge in [0, 0.05) is 31.1 Å². The number of hydrogen-bond donors (Lipinski definition) is 1. The first-order chi connectivity index (χ1) is 17.1. The number of halogens is 3. The highest BCUT2D eigenvalue weighted by molar-refractivity contribution is 9.12. The summed E-state index contributed by atoms with van der Waals surface area (Å²) in [6, 6.07) is 4.80. The van der Waals surface area contributed by atoms with Crippen LogP contribution in [-0.4, -0.2) is 70.2 Å². The van der Waals surface area contributed by atoms with Crippen molar-refractivity contribution in [2.75, 3.05) is 31.1 Å². The van der Waals surface area contributed by atoms with Gasteiger partial charge in [0.15, 0.2) is 0 Å². The van der Waals surface area contributed by atoms with E-state index in [4.69, 9.17) is 27.9 Å². The third-order valence-corrected chi connectivity index (χ3v) is 9.57. The molecule has 4 rings (SSSR count). The van der Waals surface area contributed by atoms with Crippen molar-refractivity contribution in [2.24, 2.45) is 5.41 Å². The Morgan fingerprint density at radius 1 is 1.08 bits per heavy atom. The van der Waals surface area contributed by atoms with Crippen LogP contribution in [-0.2, 0) is 4.74 Å². The smallest absolute Gasteiger partial charge is 0.412 e. The lowest BCUT2D eigenvalue weighted by atomic mass is 9.77. The number of nitrogens with zero attached hydrogens (tertiary/aromatic N) is 3. The summed E-state index contributed by atoms with van der Waals surface area (Å²) < 4.78 is 6.24. The first kappa shape index (κ1) is 28.5. The van der Waals surface area contributed by atoms with Crippen molar-refractivity contribution < 1.29 is 19.4 Å². The number of para-hydroxylation sites is 1. The predicted molar refractivity (Wildman–Crippen MR) is 153 cm³/mol. The van der Waals surface area contributed by atoms with Crippen molar-refractivity contribution >= 4 is 68.8 Å². The number of benzene rings is 1. The molecule has 37 heavy (non-hydrogen) atoms. The van der Waals surface area contributed by atoms with Crippen LogP contribution >= 0.6 is 50.9 Å². The zero-order valence-electron chi connectivity index (χ0n) is 21.8. The first-order valence-corrected chi connectivity index (χ1v) is 14.5. The van der Waals surface area contributed by atoms with E-state index in [1.54, 1.807) is 22.7 Å². The van der Waals surface area contributed by atoms with Gasteiger partial charge in [-0.05, 0) is 59.8 Å². The monoisotopic (exact) mass is 631 g/mol. The van der Waals surface area contributed by atoms with Gasteiger partial charge in [-0.2, -0.15) is 0 Å². The summed E-state index contributed by atoms with van der Waals surface area (Å²) in [5.74, 6) is 0. The average Bonchev–Trinajstić information content (AvgIpc) is 2.78. The molecule has 1 saturated heterocycles. The van der Waals surface area contributed by atoms with Crippen molar-refractivity contribution in [3.05, 3.63) is 44.0 Å². The number of ether oxygens (including phenoxy) is 1. The molecule has 2 heterocycles. The number of fused-ring (bicyclic) bond motifs is 2. The number of hydrogen-bond acceptors (Lipinski definition) is 5. The second kappa shape index (κ2) is 10.2. The Bertz CT molecular complexity index is 1180. The Labute approximate surface area is 240 Å². The van der Waals surface area contributed by atoms with Gasteiger partial charge >= 0.3 is 12.2 Å². The maximum atomic E-state index is 12.6. The lowest BCUT2D eigenvalue weighted by molar-refractivity contribution is 0.0169. The second-order valence-electron chi connectivity index (χ2n) is 11.4. The SMILES string of the molecule is CC(C)(C)OC(=O)N1CCN(C2=C(C(C)(C)C)C3Sc4cccc(Cl)c4N(C(=O)O)C3C(Cl)=C2Br)CC1. The molecular formula is C26H32BrCl2N3O4S. The number of piperazine rings is 1. The zero-order valence-corrected chi connectivity index (χ0v) is 25.7. The Kier molecular flexibility index (Phi) is 7.85. The summed E-state index contributed by atoms with van der Waals surface area (Å²) in [6.07, 6.45) is -1.42. The van der Waals surface area contributed by atoms with E-state index >= 15 is 0 Å². The van der Waals surface area contributed by atoms with Crippen LogP contribution in [0, 0.1) is 5.41 Å². The molecule has 0 radical (unpaired) electrons. The van der Waals surface area contributed by atoms with Gasteiger partial charge in [-0.25, -0.2) is 9.59 Å². The molecule has 2 aliphatic heterocycles. The number of anilines is 1. The molecule has 0 bridgehead atoms. The van der Waals surface area contributed by atoms with E-state index in [2.05, 4.69) is 41.6 Å². The lowest BCUT2D eigenvalue weighted by Crippen LogP contribution is -2.55. The molecule has 0 saturated carbocycles. The second-order valence-corrected chi connectivity index (χ2v) is 14.1. The highest BCUT2D eigenvalue weighted by atomic mass is 79.9. The van der Waals surface area contributed by atoms with Gasteiger partial charge in [0.2, 0.25) is 0 Å². The summed E-state index contributed by atoms with van der Waals surface area (Å²) in [4.78, 5) is 31.3. The van der Waals surface area contributed by atoms with E-state index in [-0.39, 0.29) is 16.8 Å². The molecule has 7 nitrogen and oxygen atoms in total. The summed E-state index contributed by atoms with van der Waals surface area (Å²) in [5.41, 5.74) is 1.67. The van der Waals surface area contributed by atoms with Gasteiger partial charge in [-0.15, -0.1) is 11.8 Å². The van der Waals surface area contributed by atoms with Crippen LogP contribution < -0.4 is 4.90 Å². The third kappa shape index (κ3) is 5.47. The molecule has 3 aliphatic rings. The molecule has 2 amide bonds. The van der Waals surface area contributed by atoms with E-state index in [0.29, 0.717) is 46.4 Å². The molecule has 202 valence electrons. The van der Waals surface area contributed by atoms with Gasteiger partial charge in [0.25, 0.3) is 0 Å². The fraction of sp³-hybridized carbons (Fsp3) is 0.538. The molecule has 1 aliphatic carbocycles. The number of carbonyl (C=O) groups excluding carboxylic acids is 1. The van der Waals surface area contributed by atoms with Crippen LogP contribution in [0.15, 0.2) is 43.9 Å². The van der Waals surface area contributed by atoms with E-state index in [1.807, 2.05) is 32.9 Å². The minimum absolute atomic E-state index is 0.255. The van der Waals surface area contributed by atoms with E-state index in [1.165, 1.54) is 4.90 Å². The molecule has 0 spiro atoms. The summed E-state index contributed by atoms with van der Waals surface area (Å²) in [5, 5.41) is 10.8.